The lowest BCUT2D eigenvalue weighted by molar-refractivity contribution is 0.0698. The minimum Gasteiger partial charge on any atom is -0.478 e. The molecule has 0 unspecified atom stereocenters. The number of benzene rings is 3. The predicted octanol–water partition coefficient (Wildman–Crippen LogP) is 6.24. The monoisotopic (exact) mass is 525 g/mol. The summed E-state index contributed by atoms with van der Waals surface area (Å²) in [6.45, 7) is 3.85. The lowest BCUT2D eigenvalue weighted by Gasteiger charge is -2.19. The van der Waals surface area contributed by atoms with Gasteiger partial charge in [-0.2, -0.15) is 0 Å². The number of fused-ring (bicyclic) bond motifs is 1. The minimum absolute atomic E-state index is 0.0798. The summed E-state index contributed by atoms with van der Waals surface area (Å²) >= 11 is 2.04. The van der Waals surface area contributed by atoms with Gasteiger partial charge in [-0.05, 0) is 60.2 Å². The van der Waals surface area contributed by atoms with Crippen LogP contribution in [0.25, 0.3) is 22.3 Å². The Balaban J connectivity index is 1.89. The molecule has 0 amide bonds. The first kappa shape index (κ1) is 21.1. The largest absolute Gasteiger partial charge is 0.478 e. The number of nitrogens with one attached hydrogen (secondary N) is 1. The van der Waals surface area contributed by atoms with Crippen molar-refractivity contribution in [3.8, 4) is 11.3 Å². The van der Waals surface area contributed by atoms with E-state index in [9.17, 15) is 14.7 Å². The topological polar surface area (TPSA) is 79.5 Å². The average molecular weight is 525 g/mol. The van der Waals surface area contributed by atoms with Gasteiger partial charge >= 0.3 is 5.97 Å². The summed E-state index contributed by atoms with van der Waals surface area (Å²) in [7, 11) is 0. The fraction of sp³-hybridized carbons (Fsp3) is 0.120. The highest BCUT2D eigenvalue weighted by atomic mass is 127. The fourth-order valence-corrected chi connectivity index (χ4v) is 4.37. The zero-order valence-electron chi connectivity index (χ0n) is 17.0. The van der Waals surface area contributed by atoms with Gasteiger partial charge in [-0.15, -0.1) is 0 Å². The lowest BCUT2D eigenvalue weighted by atomic mass is 10.00. The zero-order valence-corrected chi connectivity index (χ0v) is 19.1. The Morgan fingerprint density at radius 3 is 2.45 bits per heavy atom. The smallest absolute Gasteiger partial charge is 0.337 e. The molecule has 1 aromatic heterocycles. The molecule has 3 aromatic carbocycles. The molecule has 1 heterocycles. The molecule has 4 aromatic rings. The summed E-state index contributed by atoms with van der Waals surface area (Å²) in [6, 6.07) is 19.8. The summed E-state index contributed by atoms with van der Waals surface area (Å²) < 4.78 is 6.85. The van der Waals surface area contributed by atoms with Crippen LogP contribution in [0.4, 0.5) is 5.69 Å². The van der Waals surface area contributed by atoms with Crippen LogP contribution in [0.1, 0.15) is 34.5 Å². The first-order valence-electron chi connectivity index (χ1n) is 9.78. The Labute approximate surface area is 192 Å². The SMILES string of the molecule is Cc1cc([C@@H](C)Nc2ccccc2C(=O)O)c2oc(-c3ccccc3)c(I)c(=O)c2c1. The quantitative estimate of drug-likeness (QED) is 0.302. The highest BCUT2D eigenvalue weighted by molar-refractivity contribution is 14.1. The van der Waals surface area contributed by atoms with E-state index in [1.165, 1.54) is 0 Å². The standard InChI is InChI=1S/C25H20INO4/c1-14-12-18(15(2)27-20-11-7-6-10-17(20)25(29)30)24-19(13-14)22(28)21(26)23(31-24)16-8-4-3-5-9-16/h3-13,15,27H,1-2H3,(H,29,30)/t15-/m1/s1. The number of hydrogen-bond acceptors (Lipinski definition) is 4. The number of carboxylic acids is 1. The molecule has 0 saturated carbocycles. The molecule has 4 rings (SSSR count). The molecule has 0 saturated heterocycles. The van der Waals surface area contributed by atoms with Crippen molar-refractivity contribution >= 4 is 45.2 Å². The minimum atomic E-state index is -1.00. The van der Waals surface area contributed by atoms with Crippen molar-refractivity contribution in [1.29, 1.82) is 0 Å². The molecule has 0 aliphatic heterocycles. The second-order valence-corrected chi connectivity index (χ2v) is 8.47. The van der Waals surface area contributed by atoms with Crippen molar-refractivity contribution in [2.45, 2.75) is 19.9 Å². The third-order valence-electron chi connectivity index (χ3n) is 5.14. The molecule has 0 aliphatic rings. The van der Waals surface area contributed by atoms with Gasteiger partial charge in [0.25, 0.3) is 0 Å². The van der Waals surface area contributed by atoms with Crippen molar-refractivity contribution < 1.29 is 14.3 Å². The number of carboxylic acid groups (broad SMARTS) is 1. The van der Waals surface area contributed by atoms with E-state index in [2.05, 4.69) is 5.32 Å². The number of carbonyl (C=O) groups is 1. The number of rotatable bonds is 5. The number of aryl methyl sites for hydroxylation is 1. The molecular formula is C25H20INO4. The third kappa shape index (κ3) is 4.07. The molecule has 0 bridgehead atoms. The third-order valence-corrected chi connectivity index (χ3v) is 6.12. The Kier molecular flexibility index (Phi) is 5.82. The van der Waals surface area contributed by atoms with Gasteiger partial charge in [0.15, 0.2) is 5.76 Å². The molecule has 156 valence electrons. The second kappa shape index (κ2) is 8.55. The Hall–Kier alpha value is -3.13. The van der Waals surface area contributed by atoms with Crippen LogP contribution in [0.15, 0.2) is 75.9 Å². The summed E-state index contributed by atoms with van der Waals surface area (Å²) in [5.41, 5.74) is 3.67. The van der Waals surface area contributed by atoms with Crippen LogP contribution in [0.3, 0.4) is 0 Å². The van der Waals surface area contributed by atoms with Crippen LogP contribution in [0, 0.1) is 10.5 Å². The highest BCUT2D eigenvalue weighted by Gasteiger charge is 2.20. The van der Waals surface area contributed by atoms with E-state index in [4.69, 9.17) is 4.42 Å². The first-order valence-corrected chi connectivity index (χ1v) is 10.9. The molecule has 0 fully saturated rings. The van der Waals surface area contributed by atoms with Gasteiger partial charge in [0.05, 0.1) is 17.0 Å². The van der Waals surface area contributed by atoms with Crippen molar-refractivity contribution in [3.05, 3.63) is 97.2 Å². The summed E-state index contributed by atoms with van der Waals surface area (Å²) in [5.74, 6) is -0.473. The molecule has 6 heteroatoms. The van der Waals surface area contributed by atoms with Gasteiger partial charge in [0.2, 0.25) is 5.43 Å². The number of halogens is 1. The van der Waals surface area contributed by atoms with E-state index in [1.807, 2.05) is 78.9 Å². The second-order valence-electron chi connectivity index (χ2n) is 7.39. The van der Waals surface area contributed by atoms with Gasteiger partial charge in [-0.25, -0.2) is 4.79 Å². The van der Waals surface area contributed by atoms with Crippen molar-refractivity contribution in [2.75, 3.05) is 5.32 Å². The van der Waals surface area contributed by atoms with Crippen molar-refractivity contribution in [3.63, 3.8) is 0 Å². The Bertz CT molecular complexity index is 1350. The van der Waals surface area contributed by atoms with Crippen LogP contribution in [-0.4, -0.2) is 11.1 Å². The van der Waals surface area contributed by atoms with E-state index in [0.717, 1.165) is 16.7 Å². The zero-order chi connectivity index (χ0) is 22.1. The maximum absolute atomic E-state index is 13.2. The predicted molar refractivity (Wildman–Crippen MR) is 131 cm³/mol. The van der Waals surface area contributed by atoms with E-state index in [-0.39, 0.29) is 17.0 Å². The maximum atomic E-state index is 13.2. The van der Waals surface area contributed by atoms with E-state index < -0.39 is 5.97 Å². The number of anilines is 1. The number of aromatic carboxylic acids is 1. The first-order chi connectivity index (χ1) is 14.9. The van der Waals surface area contributed by atoms with Crippen molar-refractivity contribution in [2.24, 2.45) is 0 Å². The van der Waals surface area contributed by atoms with Crippen LogP contribution in [0.5, 0.6) is 0 Å². The molecular weight excluding hydrogens is 505 g/mol. The Morgan fingerprint density at radius 1 is 1.06 bits per heavy atom. The molecule has 31 heavy (non-hydrogen) atoms. The summed E-state index contributed by atoms with van der Waals surface area (Å²) in [6.07, 6.45) is 0. The molecule has 0 spiro atoms. The highest BCUT2D eigenvalue weighted by Crippen LogP contribution is 2.33. The number of hydrogen-bond donors (Lipinski definition) is 2. The van der Waals surface area contributed by atoms with Crippen LogP contribution in [-0.2, 0) is 0 Å². The number of para-hydroxylation sites is 1. The maximum Gasteiger partial charge on any atom is 0.337 e. The summed E-state index contributed by atoms with van der Waals surface area (Å²) in [5, 5.41) is 13.3. The Morgan fingerprint density at radius 2 is 1.74 bits per heavy atom. The molecule has 5 nitrogen and oxygen atoms in total. The van der Waals surface area contributed by atoms with E-state index in [0.29, 0.717) is 26.0 Å². The van der Waals surface area contributed by atoms with E-state index in [1.54, 1.807) is 24.3 Å². The van der Waals surface area contributed by atoms with Gasteiger partial charge in [-0.3, -0.25) is 4.79 Å². The lowest BCUT2D eigenvalue weighted by Crippen LogP contribution is -2.14. The van der Waals surface area contributed by atoms with Gasteiger partial charge in [-0.1, -0.05) is 48.5 Å². The van der Waals surface area contributed by atoms with Gasteiger partial charge in [0, 0.05) is 16.8 Å². The molecule has 0 aliphatic carbocycles. The van der Waals surface area contributed by atoms with E-state index >= 15 is 0 Å². The average Bonchev–Trinajstić information content (AvgIpc) is 2.77. The van der Waals surface area contributed by atoms with Crippen LogP contribution < -0.4 is 10.7 Å². The fourth-order valence-electron chi connectivity index (χ4n) is 3.66. The van der Waals surface area contributed by atoms with Crippen LogP contribution in [0.2, 0.25) is 0 Å². The molecule has 0 radical (unpaired) electrons. The van der Waals surface area contributed by atoms with Crippen molar-refractivity contribution in [1.82, 2.24) is 0 Å². The van der Waals surface area contributed by atoms with Crippen LogP contribution >= 0.6 is 22.6 Å². The normalized spacial score (nSPS) is 12.0. The molecule has 2 N–H and O–H groups in total. The van der Waals surface area contributed by atoms with Gasteiger partial charge < -0.3 is 14.8 Å². The summed E-state index contributed by atoms with van der Waals surface area (Å²) in [4.78, 5) is 24.8. The van der Waals surface area contributed by atoms with Gasteiger partial charge in [0.1, 0.15) is 9.15 Å². The molecule has 1 atom stereocenters.